The maximum Gasteiger partial charge on any atom is 0.243 e. The lowest BCUT2D eigenvalue weighted by Gasteiger charge is -2.26. The van der Waals surface area contributed by atoms with Crippen LogP contribution in [0.2, 0.25) is 5.02 Å². The summed E-state index contributed by atoms with van der Waals surface area (Å²) < 4.78 is 27.3. The van der Waals surface area contributed by atoms with Gasteiger partial charge in [-0.3, -0.25) is 9.69 Å². The van der Waals surface area contributed by atoms with Crippen LogP contribution in [0.15, 0.2) is 52.3 Å². The number of piperidine rings is 1. The Morgan fingerprint density at radius 3 is 2.45 bits per heavy atom. The highest BCUT2D eigenvalue weighted by Gasteiger charge is 2.26. The highest BCUT2D eigenvalue weighted by molar-refractivity contribution is 7.98. The van der Waals surface area contributed by atoms with Gasteiger partial charge < -0.3 is 5.32 Å². The van der Waals surface area contributed by atoms with E-state index in [1.807, 2.05) is 30.3 Å². The van der Waals surface area contributed by atoms with Crippen molar-refractivity contribution < 1.29 is 13.2 Å². The van der Waals surface area contributed by atoms with Gasteiger partial charge in [0.25, 0.3) is 0 Å². The van der Waals surface area contributed by atoms with Crippen molar-refractivity contribution in [3.05, 3.63) is 53.1 Å². The summed E-state index contributed by atoms with van der Waals surface area (Å²) in [5.74, 6) is -0.252. The molecular weight excluding hydrogens is 454 g/mol. The molecular formula is C22H28ClN3O3S2. The minimum absolute atomic E-state index is 0.149. The summed E-state index contributed by atoms with van der Waals surface area (Å²) in [6.07, 6.45) is 4.80. The van der Waals surface area contributed by atoms with E-state index in [1.165, 1.54) is 27.4 Å². The molecule has 1 aliphatic rings. The van der Waals surface area contributed by atoms with Crippen LogP contribution in [0.4, 0.5) is 5.69 Å². The van der Waals surface area contributed by atoms with Gasteiger partial charge >= 0.3 is 0 Å². The minimum Gasteiger partial charge on any atom is -0.324 e. The first-order chi connectivity index (χ1) is 14.8. The predicted octanol–water partition coefficient (Wildman–Crippen LogP) is 4.31. The van der Waals surface area contributed by atoms with Crippen LogP contribution in [0, 0.1) is 0 Å². The Kier molecular flexibility index (Phi) is 8.41. The van der Waals surface area contributed by atoms with E-state index >= 15 is 0 Å². The average Bonchev–Trinajstić information content (AvgIpc) is 2.76. The lowest BCUT2D eigenvalue weighted by Crippen LogP contribution is -2.35. The number of likely N-dealkylation sites (N-methyl/N-ethyl adjacent to an activating group) is 1. The number of sulfonamides is 1. The molecule has 0 spiro atoms. The molecule has 6 nitrogen and oxygen atoms in total. The quantitative estimate of drug-likeness (QED) is 0.569. The number of hydrogen-bond donors (Lipinski definition) is 1. The molecule has 3 rings (SSSR count). The molecule has 0 unspecified atom stereocenters. The number of carbonyl (C=O) groups is 1. The number of thioether (sulfide) groups is 1. The number of anilines is 1. The lowest BCUT2D eigenvalue weighted by atomic mass is 10.2. The Morgan fingerprint density at radius 1 is 1.13 bits per heavy atom. The van der Waals surface area contributed by atoms with Crippen molar-refractivity contribution in [3.63, 3.8) is 0 Å². The molecule has 0 aromatic heterocycles. The van der Waals surface area contributed by atoms with Crippen molar-refractivity contribution >= 4 is 45.0 Å². The summed E-state index contributed by atoms with van der Waals surface area (Å²) in [6, 6.07) is 12.7. The van der Waals surface area contributed by atoms with E-state index in [1.54, 1.807) is 11.8 Å². The maximum atomic E-state index is 12.9. The minimum atomic E-state index is -3.60. The third-order valence-corrected chi connectivity index (χ3v) is 8.16. The molecule has 168 valence electrons. The SMILES string of the molecule is CSc1ccc(CN(C)CC(=O)Nc2cc(S(=O)(=O)N3CCCCC3)ccc2Cl)cc1. The van der Waals surface area contributed by atoms with E-state index in [0.717, 1.165) is 24.8 Å². The van der Waals surface area contributed by atoms with Crippen molar-refractivity contribution in [2.45, 2.75) is 35.6 Å². The topological polar surface area (TPSA) is 69.7 Å². The number of amides is 1. The van der Waals surface area contributed by atoms with Crippen molar-refractivity contribution in [1.82, 2.24) is 9.21 Å². The molecule has 1 heterocycles. The first kappa shape index (κ1) is 24.1. The van der Waals surface area contributed by atoms with Gasteiger partial charge in [-0.15, -0.1) is 11.8 Å². The third-order valence-electron chi connectivity index (χ3n) is 5.19. The Balaban J connectivity index is 1.64. The molecule has 1 saturated heterocycles. The summed E-state index contributed by atoms with van der Waals surface area (Å²) in [6.45, 7) is 1.83. The number of nitrogens with zero attached hydrogens (tertiary/aromatic N) is 2. The molecule has 1 fully saturated rings. The first-order valence-electron chi connectivity index (χ1n) is 10.2. The van der Waals surface area contributed by atoms with E-state index in [4.69, 9.17) is 11.6 Å². The highest BCUT2D eigenvalue weighted by Crippen LogP contribution is 2.28. The molecule has 1 amide bonds. The first-order valence-corrected chi connectivity index (χ1v) is 13.2. The Bertz CT molecular complexity index is 1010. The average molecular weight is 482 g/mol. The van der Waals surface area contributed by atoms with Crippen LogP contribution in [-0.4, -0.2) is 56.5 Å². The zero-order chi connectivity index (χ0) is 22.4. The van der Waals surface area contributed by atoms with Gasteiger partial charge in [-0.2, -0.15) is 4.31 Å². The van der Waals surface area contributed by atoms with E-state index in [0.29, 0.717) is 30.3 Å². The molecule has 9 heteroatoms. The fourth-order valence-corrected chi connectivity index (χ4v) is 5.67. The van der Waals surface area contributed by atoms with Gasteiger partial charge in [0, 0.05) is 24.5 Å². The van der Waals surface area contributed by atoms with Crippen LogP contribution in [0.1, 0.15) is 24.8 Å². The van der Waals surface area contributed by atoms with Crippen LogP contribution in [0.25, 0.3) is 0 Å². The van der Waals surface area contributed by atoms with Crippen molar-refractivity contribution in [3.8, 4) is 0 Å². The zero-order valence-corrected chi connectivity index (χ0v) is 20.2. The summed E-state index contributed by atoms with van der Waals surface area (Å²) in [7, 11) is -1.73. The van der Waals surface area contributed by atoms with Crippen LogP contribution in [0.5, 0.6) is 0 Å². The molecule has 2 aromatic rings. The van der Waals surface area contributed by atoms with Crippen LogP contribution in [-0.2, 0) is 21.4 Å². The molecule has 1 N–H and O–H groups in total. The third kappa shape index (κ3) is 6.46. The smallest absolute Gasteiger partial charge is 0.243 e. The van der Waals surface area contributed by atoms with Crippen molar-refractivity contribution in [2.75, 3.05) is 38.3 Å². The van der Waals surface area contributed by atoms with E-state index in [2.05, 4.69) is 17.4 Å². The molecule has 0 atom stereocenters. The second kappa shape index (κ2) is 10.8. The van der Waals surface area contributed by atoms with Gasteiger partial charge in [0.1, 0.15) is 0 Å². The standard InChI is InChI=1S/C22H28ClN3O3S2/c1-25(15-17-6-8-18(30-2)9-7-17)16-22(27)24-21-14-19(10-11-20(21)23)31(28,29)26-12-4-3-5-13-26/h6-11,14H,3-5,12-13,15-16H2,1-2H3,(H,24,27). The molecule has 0 bridgehead atoms. The number of halogens is 1. The predicted molar refractivity (Wildman–Crippen MR) is 127 cm³/mol. The summed E-state index contributed by atoms with van der Waals surface area (Å²) >= 11 is 7.92. The molecule has 2 aromatic carbocycles. The number of nitrogens with one attached hydrogen (secondary N) is 1. The summed E-state index contributed by atoms with van der Waals surface area (Å²) in [5, 5.41) is 3.07. The number of benzene rings is 2. The Labute approximate surface area is 194 Å². The largest absolute Gasteiger partial charge is 0.324 e. The highest BCUT2D eigenvalue weighted by atomic mass is 35.5. The van der Waals surface area contributed by atoms with Gasteiger partial charge in [0.05, 0.1) is 22.2 Å². The lowest BCUT2D eigenvalue weighted by molar-refractivity contribution is -0.117. The van der Waals surface area contributed by atoms with Crippen LogP contribution < -0.4 is 5.32 Å². The molecule has 0 aliphatic carbocycles. The number of hydrogen-bond acceptors (Lipinski definition) is 5. The van der Waals surface area contributed by atoms with Crippen molar-refractivity contribution in [1.29, 1.82) is 0 Å². The number of rotatable bonds is 8. The normalized spacial score (nSPS) is 15.2. The van der Waals surface area contributed by atoms with Crippen LogP contribution >= 0.6 is 23.4 Å². The van der Waals surface area contributed by atoms with Gasteiger partial charge in [-0.05, 0) is 62.0 Å². The fourth-order valence-electron chi connectivity index (χ4n) is 3.55. The zero-order valence-electron chi connectivity index (χ0n) is 17.8. The van der Waals surface area contributed by atoms with Gasteiger partial charge in [-0.25, -0.2) is 8.42 Å². The van der Waals surface area contributed by atoms with Crippen molar-refractivity contribution in [2.24, 2.45) is 0 Å². The van der Waals surface area contributed by atoms with Gasteiger partial charge in [-0.1, -0.05) is 30.2 Å². The molecule has 31 heavy (non-hydrogen) atoms. The Morgan fingerprint density at radius 2 is 1.81 bits per heavy atom. The fraction of sp³-hybridized carbons (Fsp3) is 0.409. The van der Waals surface area contributed by atoms with E-state index in [9.17, 15) is 13.2 Å². The second-order valence-corrected chi connectivity index (χ2v) is 10.9. The van der Waals surface area contributed by atoms with Crippen LogP contribution in [0.3, 0.4) is 0 Å². The summed E-state index contributed by atoms with van der Waals surface area (Å²) in [5.41, 5.74) is 1.42. The number of carbonyl (C=O) groups excluding carboxylic acids is 1. The molecule has 0 saturated carbocycles. The molecule has 1 aliphatic heterocycles. The maximum absolute atomic E-state index is 12.9. The molecule has 0 radical (unpaired) electrons. The Hall–Kier alpha value is -1.58. The second-order valence-electron chi connectivity index (χ2n) is 7.67. The van der Waals surface area contributed by atoms with Gasteiger partial charge in [0.2, 0.25) is 15.9 Å². The summed E-state index contributed by atoms with van der Waals surface area (Å²) in [4.78, 5) is 15.8. The van der Waals surface area contributed by atoms with Gasteiger partial charge in [0.15, 0.2) is 0 Å². The van der Waals surface area contributed by atoms with E-state index < -0.39 is 10.0 Å². The monoisotopic (exact) mass is 481 g/mol. The van der Waals surface area contributed by atoms with E-state index in [-0.39, 0.29) is 17.3 Å².